The Morgan fingerprint density at radius 1 is 1.03 bits per heavy atom. The van der Waals surface area contributed by atoms with Gasteiger partial charge in [0.05, 0.1) is 23.4 Å². The van der Waals surface area contributed by atoms with E-state index in [9.17, 15) is 14.4 Å². The zero-order valence-electron chi connectivity index (χ0n) is 17.0. The normalized spacial score (nSPS) is 17.8. The number of hydrogen-bond acceptors (Lipinski definition) is 4. The molecule has 160 valence electrons. The summed E-state index contributed by atoms with van der Waals surface area (Å²) < 4.78 is 0. The Morgan fingerprint density at radius 3 is 2.56 bits per heavy atom. The highest BCUT2D eigenvalue weighted by molar-refractivity contribution is 6.30. The monoisotopic (exact) mass is 446 g/mol. The molecule has 2 aliphatic rings. The molecule has 0 spiro atoms. The molecule has 1 saturated heterocycles. The number of aromatic nitrogens is 1. The number of nitrogens with one attached hydrogen (secondary N) is 1. The van der Waals surface area contributed by atoms with Crippen molar-refractivity contribution in [1.29, 1.82) is 0 Å². The number of carbonyl (C=O) groups is 3. The number of pyridine rings is 1. The molecule has 0 saturated carbocycles. The van der Waals surface area contributed by atoms with Crippen LogP contribution in [0.2, 0.25) is 5.02 Å². The maximum atomic E-state index is 13.4. The van der Waals surface area contributed by atoms with Gasteiger partial charge in [0.1, 0.15) is 6.04 Å². The van der Waals surface area contributed by atoms with E-state index in [2.05, 4.69) is 10.3 Å². The van der Waals surface area contributed by atoms with Crippen LogP contribution < -0.4 is 5.32 Å². The van der Waals surface area contributed by atoms with Gasteiger partial charge in [-0.15, -0.1) is 0 Å². The molecule has 1 atom stereocenters. The number of nitrogens with zero attached hydrogens (tertiary/aromatic N) is 3. The minimum absolute atomic E-state index is 0.128. The highest BCUT2D eigenvalue weighted by atomic mass is 35.5. The van der Waals surface area contributed by atoms with Crippen LogP contribution >= 0.6 is 11.6 Å². The summed E-state index contributed by atoms with van der Waals surface area (Å²) >= 11 is 5.99. The minimum atomic E-state index is -0.761. The molecule has 2 aliphatic heterocycles. The van der Waals surface area contributed by atoms with E-state index in [4.69, 9.17) is 11.6 Å². The van der Waals surface area contributed by atoms with Crippen LogP contribution in [-0.4, -0.2) is 58.2 Å². The second-order valence-corrected chi connectivity index (χ2v) is 8.20. The molecule has 0 unspecified atom stereocenters. The average molecular weight is 447 g/mol. The number of piperazine rings is 1. The lowest BCUT2D eigenvalue weighted by molar-refractivity contribution is -0.121. The summed E-state index contributed by atoms with van der Waals surface area (Å²) in [6.45, 7) is 0.742. The molecule has 2 aromatic carbocycles. The molecule has 0 radical (unpaired) electrons. The van der Waals surface area contributed by atoms with Gasteiger partial charge in [-0.25, -0.2) is 0 Å². The summed E-state index contributed by atoms with van der Waals surface area (Å²) in [4.78, 5) is 46.4. The molecule has 1 fully saturated rings. The Labute approximate surface area is 189 Å². The van der Waals surface area contributed by atoms with E-state index in [1.807, 2.05) is 18.2 Å². The summed E-state index contributed by atoms with van der Waals surface area (Å²) in [5.41, 5.74) is 3.13. The molecule has 0 bridgehead atoms. The number of anilines is 1. The van der Waals surface area contributed by atoms with Gasteiger partial charge >= 0.3 is 0 Å². The number of hydrogen-bond donors (Lipinski definition) is 1. The van der Waals surface area contributed by atoms with Gasteiger partial charge in [-0.2, -0.15) is 0 Å². The maximum Gasteiger partial charge on any atom is 0.256 e. The number of rotatable bonds is 2. The third kappa shape index (κ3) is 3.61. The average Bonchev–Trinajstić information content (AvgIpc) is 2.93. The van der Waals surface area contributed by atoms with Crippen molar-refractivity contribution < 1.29 is 14.4 Å². The predicted octanol–water partition coefficient (Wildman–Crippen LogP) is 3.32. The van der Waals surface area contributed by atoms with E-state index in [0.29, 0.717) is 28.4 Å². The highest BCUT2D eigenvalue weighted by Gasteiger charge is 2.40. The van der Waals surface area contributed by atoms with Gasteiger partial charge in [-0.3, -0.25) is 19.4 Å². The summed E-state index contributed by atoms with van der Waals surface area (Å²) in [6, 6.07) is 15.4. The Balaban J connectivity index is 1.43. The van der Waals surface area contributed by atoms with Crippen molar-refractivity contribution in [3.05, 3.63) is 83.1 Å². The highest BCUT2D eigenvalue weighted by Crippen LogP contribution is 2.31. The van der Waals surface area contributed by atoms with Gasteiger partial charge in [0.25, 0.3) is 11.8 Å². The van der Waals surface area contributed by atoms with E-state index in [-0.39, 0.29) is 30.8 Å². The van der Waals surface area contributed by atoms with Crippen LogP contribution in [0.15, 0.2) is 67.0 Å². The Kier molecular flexibility index (Phi) is 5.11. The van der Waals surface area contributed by atoms with E-state index in [0.717, 1.165) is 11.1 Å². The number of benzene rings is 2. The van der Waals surface area contributed by atoms with E-state index >= 15 is 0 Å². The van der Waals surface area contributed by atoms with Crippen molar-refractivity contribution >= 4 is 35.0 Å². The van der Waals surface area contributed by atoms with Crippen LogP contribution in [0.3, 0.4) is 0 Å². The van der Waals surface area contributed by atoms with Crippen LogP contribution in [0.1, 0.15) is 20.7 Å². The van der Waals surface area contributed by atoms with Crippen molar-refractivity contribution in [3.8, 4) is 11.1 Å². The van der Waals surface area contributed by atoms with Crippen molar-refractivity contribution in [2.24, 2.45) is 0 Å². The molecule has 7 nitrogen and oxygen atoms in total. The van der Waals surface area contributed by atoms with Gasteiger partial charge in [0, 0.05) is 30.5 Å². The molecule has 8 heteroatoms. The van der Waals surface area contributed by atoms with Gasteiger partial charge in [-0.1, -0.05) is 29.8 Å². The first-order valence-corrected chi connectivity index (χ1v) is 10.6. The molecular formula is C24H19ClN4O3. The lowest BCUT2D eigenvalue weighted by Gasteiger charge is -2.39. The molecule has 1 aromatic heterocycles. The fourth-order valence-electron chi connectivity index (χ4n) is 4.13. The molecule has 3 amide bonds. The van der Waals surface area contributed by atoms with Gasteiger partial charge < -0.3 is 15.1 Å². The van der Waals surface area contributed by atoms with Crippen molar-refractivity contribution in [2.75, 3.05) is 25.0 Å². The molecule has 32 heavy (non-hydrogen) atoms. The minimum Gasteiger partial charge on any atom is -0.334 e. The first kappa shape index (κ1) is 20.2. The predicted molar refractivity (Wildman–Crippen MR) is 120 cm³/mol. The molecule has 3 heterocycles. The first-order valence-electron chi connectivity index (χ1n) is 10.2. The number of amides is 3. The molecule has 3 aromatic rings. The quantitative estimate of drug-likeness (QED) is 0.654. The topological polar surface area (TPSA) is 82.6 Å². The van der Waals surface area contributed by atoms with Gasteiger partial charge in [0.2, 0.25) is 5.91 Å². The largest absolute Gasteiger partial charge is 0.334 e. The number of carbonyl (C=O) groups excluding carboxylic acids is 3. The first-order chi connectivity index (χ1) is 15.5. The number of fused-ring (bicyclic) bond motifs is 2. The second kappa shape index (κ2) is 8.09. The molecule has 1 N–H and O–H groups in total. The van der Waals surface area contributed by atoms with Crippen LogP contribution in [0.4, 0.5) is 5.69 Å². The van der Waals surface area contributed by atoms with E-state index in [1.165, 1.54) is 6.20 Å². The smallest absolute Gasteiger partial charge is 0.256 e. The SMILES string of the molecule is O=C1Nc2ccc(-c3ccc(Cl)cc3)cc2C(=O)N2CCN(C(=O)c3cccnc3)C[C@H]12. The Hall–Kier alpha value is -3.71. The van der Waals surface area contributed by atoms with E-state index in [1.54, 1.807) is 52.4 Å². The third-order valence-electron chi connectivity index (χ3n) is 5.82. The second-order valence-electron chi connectivity index (χ2n) is 7.76. The molecular weight excluding hydrogens is 428 g/mol. The van der Waals surface area contributed by atoms with Crippen molar-refractivity contribution in [3.63, 3.8) is 0 Å². The van der Waals surface area contributed by atoms with Crippen molar-refractivity contribution in [1.82, 2.24) is 14.8 Å². The van der Waals surface area contributed by atoms with Crippen LogP contribution in [0.5, 0.6) is 0 Å². The summed E-state index contributed by atoms with van der Waals surface area (Å²) in [5.74, 6) is -0.738. The Bertz CT molecular complexity index is 1210. The van der Waals surface area contributed by atoms with E-state index < -0.39 is 6.04 Å². The maximum absolute atomic E-state index is 13.4. The zero-order valence-corrected chi connectivity index (χ0v) is 17.7. The van der Waals surface area contributed by atoms with Crippen LogP contribution in [0, 0.1) is 0 Å². The fourth-order valence-corrected chi connectivity index (χ4v) is 4.26. The zero-order chi connectivity index (χ0) is 22.2. The summed E-state index contributed by atoms with van der Waals surface area (Å²) in [6.07, 6.45) is 3.10. The van der Waals surface area contributed by atoms with Gasteiger partial charge in [0.15, 0.2) is 0 Å². The standard InChI is InChI=1S/C24H19ClN4O3/c25-18-6-3-15(4-7-18)16-5-8-20-19(12-16)24(32)29-11-10-28(14-21(29)22(30)27-20)23(31)17-2-1-9-26-13-17/h1-9,12-13,21H,10-11,14H2,(H,27,30)/t21-/m1/s1. The Morgan fingerprint density at radius 2 is 1.81 bits per heavy atom. The lowest BCUT2D eigenvalue weighted by atomic mass is 10.0. The third-order valence-corrected chi connectivity index (χ3v) is 6.08. The molecule has 0 aliphatic carbocycles. The van der Waals surface area contributed by atoms with Gasteiger partial charge in [-0.05, 0) is 47.5 Å². The van der Waals surface area contributed by atoms with Crippen molar-refractivity contribution in [2.45, 2.75) is 6.04 Å². The summed E-state index contributed by atoms with van der Waals surface area (Å²) in [7, 11) is 0. The van der Waals surface area contributed by atoms with Crippen LogP contribution in [0.25, 0.3) is 11.1 Å². The fraction of sp³-hybridized carbons (Fsp3) is 0.167. The number of halogens is 1. The lowest BCUT2D eigenvalue weighted by Crippen LogP contribution is -2.59. The van der Waals surface area contributed by atoms with Crippen LogP contribution in [-0.2, 0) is 4.79 Å². The summed E-state index contributed by atoms with van der Waals surface area (Å²) in [5, 5.41) is 3.50. The molecule has 5 rings (SSSR count).